The number of rotatable bonds is 3. The smallest absolute Gasteiger partial charge is 0.372 e. The van der Waals surface area contributed by atoms with Gasteiger partial charge in [0.05, 0.1) is 6.61 Å². The minimum Gasteiger partial charge on any atom is -1.00 e. The lowest BCUT2D eigenvalue weighted by atomic mass is 10.2. The average molecular weight is 296 g/mol. The van der Waals surface area contributed by atoms with E-state index in [2.05, 4.69) is 0 Å². The molecule has 2 rings (SSSR count). The molecule has 0 atom stereocenters. The first-order valence-corrected chi connectivity index (χ1v) is 5.33. The molecule has 0 saturated carbocycles. The maximum atomic E-state index is 11.3. The van der Waals surface area contributed by atoms with Crippen LogP contribution < -0.4 is 21.5 Å². The first-order valence-electron chi connectivity index (χ1n) is 5.33. The molecule has 0 spiro atoms. The SMILES string of the molecule is CCOC(=O)C[n+]1ccc2ccccc2c1.[Br-]. The van der Waals surface area contributed by atoms with Crippen LogP contribution in [0.1, 0.15) is 6.92 Å². The van der Waals surface area contributed by atoms with Crippen molar-refractivity contribution in [3.05, 3.63) is 42.7 Å². The van der Waals surface area contributed by atoms with Gasteiger partial charge in [0.2, 0.25) is 6.54 Å². The number of halogens is 1. The molecule has 0 bridgehead atoms. The fraction of sp³-hybridized carbons (Fsp3) is 0.231. The lowest BCUT2D eigenvalue weighted by Gasteiger charge is -1.99. The molecule has 0 aliphatic carbocycles. The molecule has 2 aromatic rings. The molecule has 4 heteroatoms. The normalized spacial score (nSPS) is 9.71. The van der Waals surface area contributed by atoms with Crippen LogP contribution in [0.2, 0.25) is 0 Å². The van der Waals surface area contributed by atoms with Crippen molar-refractivity contribution in [3.63, 3.8) is 0 Å². The second kappa shape index (κ2) is 6.35. The van der Waals surface area contributed by atoms with Crippen molar-refractivity contribution in [3.8, 4) is 0 Å². The fourth-order valence-electron chi connectivity index (χ4n) is 1.63. The topological polar surface area (TPSA) is 30.2 Å². The average Bonchev–Trinajstić information content (AvgIpc) is 2.29. The quantitative estimate of drug-likeness (QED) is 0.520. The number of carbonyl (C=O) groups is 1. The maximum absolute atomic E-state index is 11.3. The predicted octanol–water partition coefficient (Wildman–Crippen LogP) is -1.31. The van der Waals surface area contributed by atoms with E-state index in [9.17, 15) is 4.79 Å². The number of pyridine rings is 1. The van der Waals surface area contributed by atoms with Gasteiger partial charge in [-0.1, -0.05) is 18.2 Å². The summed E-state index contributed by atoms with van der Waals surface area (Å²) in [5, 5.41) is 2.29. The molecule has 0 aliphatic rings. The third-order valence-corrected chi connectivity index (χ3v) is 2.36. The number of esters is 1. The van der Waals surface area contributed by atoms with Gasteiger partial charge in [0.1, 0.15) is 0 Å². The molecular formula is C13H14BrNO2. The highest BCUT2D eigenvalue weighted by molar-refractivity contribution is 5.80. The number of aromatic nitrogens is 1. The Bertz CT molecular complexity index is 514. The summed E-state index contributed by atoms with van der Waals surface area (Å²) in [7, 11) is 0. The molecule has 0 radical (unpaired) electrons. The molecule has 0 N–H and O–H groups in total. The van der Waals surface area contributed by atoms with Crippen LogP contribution in [0.4, 0.5) is 0 Å². The van der Waals surface area contributed by atoms with Gasteiger partial charge in [-0.2, -0.15) is 4.57 Å². The highest BCUT2D eigenvalue weighted by Gasteiger charge is 2.10. The molecular weight excluding hydrogens is 282 g/mol. The van der Waals surface area contributed by atoms with Crippen LogP contribution >= 0.6 is 0 Å². The molecule has 0 unspecified atom stereocenters. The van der Waals surface area contributed by atoms with Crippen molar-refractivity contribution in [1.29, 1.82) is 0 Å². The first kappa shape index (κ1) is 13.6. The van der Waals surface area contributed by atoms with Gasteiger partial charge in [-0.3, -0.25) is 0 Å². The number of carbonyl (C=O) groups excluding carboxylic acids is 1. The number of ether oxygens (including phenoxy) is 1. The first-order chi connectivity index (χ1) is 7.79. The van der Waals surface area contributed by atoms with Gasteiger partial charge >= 0.3 is 5.97 Å². The predicted molar refractivity (Wildman–Crippen MR) is 60.8 cm³/mol. The minimum atomic E-state index is -0.206. The van der Waals surface area contributed by atoms with Crippen LogP contribution in [-0.4, -0.2) is 12.6 Å². The van der Waals surface area contributed by atoms with Crippen molar-refractivity contribution in [1.82, 2.24) is 0 Å². The number of benzene rings is 1. The van der Waals surface area contributed by atoms with E-state index in [1.807, 2.05) is 54.2 Å². The Morgan fingerprint density at radius 3 is 2.65 bits per heavy atom. The van der Waals surface area contributed by atoms with E-state index in [-0.39, 0.29) is 29.5 Å². The molecule has 90 valence electrons. The Morgan fingerprint density at radius 1 is 1.24 bits per heavy atom. The summed E-state index contributed by atoms with van der Waals surface area (Å²) in [6.07, 6.45) is 3.84. The van der Waals surface area contributed by atoms with Crippen molar-refractivity contribution in [2.45, 2.75) is 13.5 Å². The summed E-state index contributed by atoms with van der Waals surface area (Å²) < 4.78 is 6.73. The molecule has 3 nitrogen and oxygen atoms in total. The Morgan fingerprint density at radius 2 is 1.94 bits per heavy atom. The van der Waals surface area contributed by atoms with Gasteiger partial charge in [0, 0.05) is 11.5 Å². The molecule has 1 heterocycles. The molecule has 1 aromatic heterocycles. The van der Waals surface area contributed by atoms with E-state index in [1.54, 1.807) is 0 Å². The Labute approximate surface area is 111 Å². The van der Waals surface area contributed by atoms with Crippen molar-refractivity contribution in [2.75, 3.05) is 6.61 Å². The minimum absolute atomic E-state index is 0. The number of fused-ring (bicyclic) bond motifs is 1. The monoisotopic (exact) mass is 295 g/mol. The van der Waals surface area contributed by atoms with Gasteiger partial charge in [-0.15, -0.1) is 0 Å². The number of hydrogen-bond donors (Lipinski definition) is 0. The van der Waals surface area contributed by atoms with Crippen LogP contribution in [0.5, 0.6) is 0 Å². The number of hydrogen-bond acceptors (Lipinski definition) is 2. The summed E-state index contributed by atoms with van der Waals surface area (Å²) >= 11 is 0. The zero-order valence-corrected chi connectivity index (χ0v) is 11.2. The molecule has 0 saturated heterocycles. The summed E-state index contributed by atoms with van der Waals surface area (Å²) in [6.45, 7) is 2.49. The van der Waals surface area contributed by atoms with Crippen LogP contribution in [0.3, 0.4) is 0 Å². The van der Waals surface area contributed by atoms with Gasteiger partial charge in [0.25, 0.3) is 0 Å². The fourth-order valence-corrected chi connectivity index (χ4v) is 1.63. The lowest BCUT2D eigenvalue weighted by Crippen LogP contribution is -3.00. The summed E-state index contributed by atoms with van der Waals surface area (Å²) in [5.41, 5.74) is 0. The zero-order valence-electron chi connectivity index (χ0n) is 9.60. The lowest BCUT2D eigenvalue weighted by molar-refractivity contribution is -0.684. The standard InChI is InChI=1S/C13H14NO2.BrH/c1-2-16-13(15)10-14-8-7-11-5-3-4-6-12(11)9-14;/h3-9H,2,10H2,1H3;1H/q+1;/p-1. The Kier molecular flexibility index (Phi) is 5.10. The Balaban J connectivity index is 0.00000144. The van der Waals surface area contributed by atoms with E-state index in [4.69, 9.17) is 4.74 Å². The van der Waals surface area contributed by atoms with E-state index in [0.717, 1.165) is 5.39 Å². The Hall–Kier alpha value is -1.42. The summed E-state index contributed by atoms with van der Waals surface area (Å²) in [4.78, 5) is 11.3. The highest BCUT2D eigenvalue weighted by atomic mass is 79.9. The van der Waals surface area contributed by atoms with Crippen LogP contribution in [0.15, 0.2) is 42.7 Å². The van der Waals surface area contributed by atoms with E-state index in [0.29, 0.717) is 6.61 Å². The molecule has 0 aliphatic heterocycles. The van der Waals surface area contributed by atoms with Gasteiger partial charge in [-0.05, 0) is 18.4 Å². The molecule has 0 amide bonds. The van der Waals surface area contributed by atoms with Gasteiger partial charge in [-0.25, -0.2) is 4.79 Å². The summed E-state index contributed by atoms with van der Waals surface area (Å²) in [5.74, 6) is -0.206. The molecule has 0 fully saturated rings. The second-order valence-electron chi connectivity index (χ2n) is 3.55. The summed E-state index contributed by atoms with van der Waals surface area (Å²) in [6, 6.07) is 10.0. The van der Waals surface area contributed by atoms with E-state index >= 15 is 0 Å². The second-order valence-corrected chi connectivity index (χ2v) is 3.55. The van der Waals surface area contributed by atoms with Crippen LogP contribution in [0.25, 0.3) is 10.8 Å². The van der Waals surface area contributed by atoms with E-state index < -0.39 is 0 Å². The third kappa shape index (κ3) is 3.53. The van der Waals surface area contributed by atoms with E-state index in [1.165, 1.54) is 5.39 Å². The van der Waals surface area contributed by atoms with Crippen molar-refractivity contribution >= 4 is 16.7 Å². The van der Waals surface area contributed by atoms with Crippen LogP contribution in [-0.2, 0) is 16.1 Å². The van der Waals surface area contributed by atoms with Gasteiger partial charge < -0.3 is 21.7 Å². The number of nitrogens with zero attached hydrogens (tertiary/aromatic N) is 1. The molecule has 1 aromatic carbocycles. The highest BCUT2D eigenvalue weighted by Crippen LogP contribution is 2.09. The molecule has 17 heavy (non-hydrogen) atoms. The largest absolute Gasteiger partial charge is 1.00 e. The zero-order chi connectivity index (χ0) is 11.4. The van der Waals surface area contributed by atoms with Gasteiger partial charge in [0.15, 0.2) is 12.4 Å². The third-order valence-electron chi connectivity index (χ3n) is 2.36. The maximum Gasteiger partial charge on any atom is 0.372 e. The van der Waals surface area contributed by atoms with Crippen molar-refractivity contribution in [2.24, 2.45) is 0 Å². The van der Waals surface area contributed by atoms with Crippen molar-refractivity contribution < 1.29 is 31.1 Å². The van der Waals surface area contributed by atoms with Crippen LogP contribution in [0, 0.1) is 0 Å².